The molecular weight excluding hydrogens is 438 g/mol. The lowest BCUT2D eigenvalue weighted by Crippen LogP contribution is -2.17. The van der Waals surface area contributed by atoms with Crippen LogP contribution in [0.2, 0.25) is 0 Å². The van der Waals surface area contributed by atoms with E-state index in [0.29, 0.717) is 23.3 Å². The Labute approximate surface area is 198 Å². The van der Waals surface area contributed by atoms with Crippen LogP contribution in [0.3, 0.4) is 0 Å². The molecule has 0 bridgehead atoms. The summed E-state index contributed by atoms with van der Waals surface area (Å²) in [6, 6.07) is 13.2. The van der Waals surface area contributed by atoms with Crippen LogP contribution >= 0.6 is 11.8 Å². The Morgan fingerprint density at radius 2 is 1.79 bits per heavy atom. The molecule has 1 heterocycles. The van der Waals surface area contributed by atoms with Gasteiger partial charge in [-0.15, -0.1) is 10.2 Å². The van der Waals surface area contributed by atoms with E-state index >= 15 is 0 Å². The van der Waals surface area contributed by atoms with Crippen molar-refractivity contribution in [2.24, 2.45) is 7.05 Å². The van der Waals surface area contributed by atoms with Gasteiger partial charge in [0, 0.05) is 18.4 Å². The number of nitrogens with one attached hydrogen (secondary N) is 2. The molecule has 3 aromatic rings. The molecule has 33 heavy (non-hydrogen) atoms. The highest BCUT2D eigenvalue weighted by Gasteiger charge is 2.15. The van der Waals surface area contributed by atoms with Crippen molar-refractivity contribution in [3.8, 4) is 5.75 Å². The van der Waals surface area contributed by atoms with E-state index in [-0.39, 0.29) is 24.0 Å². The molecule has 0 unspecified atom stereocenters. The summed E-state index contributed by atoms with van der Waals surface area (Å²) in [6.07, 6.45) is 0.919. The van der Waals surface area contributed by atoms with Crippen molar-refractivity contribution < 1.29 is 14.3 Å². The molecule has 0 spiro atoms. The lowest BCUT2D eigenvalue weighted by atomic mass is 10.1. The van der Waals surface area contributed by atoms with Gasteiger partial charge in [0.05, 0.1) is 18.8 Å². The smallest absolute Gasteiger partial charge is 0.234 e. The molecule has 3 rings (SSSR count). The summed E-state index contributed by atoms with van der Waals surface area (Å²) in [6.45, 7) is 6.55. The van der Waals surface area contributed by atoms with Gasteiger partial charge in [0.2, 0.25) is 11.8 Å². The van der Waals surface area contributed by atoms with Gasteiger partial charge in [-0.3, -0.25) is 9.59 Å². The molecule has 0 aliphatic rings. The molecule has 0 aliphatic heterocycles. The highest BCUT2D eigenvalue weighted by molar-refractivity contribution is 7.99. The van der Waals surface area contributed by atoms with Gasteiger partial charge in [-0.2, -0.15) is 0 Å². The molecule has 1 aromatic heterocycles. The summed E-state index contributed by atoms with van der Waals surface area (Å²) in [5.74, 6) is 1.16. The van der Waals surface area contributed by atoms with E-state index in [0.717, 1.165) is 29.0 Å². The number of hydrogen-bond acceptors (Lipinski definition) is 6. The molecule has 2 amide bonds. The Morgan fingerprint density at radius 1 is 1.03 bits per heavy atom. The van der Waals surface area contributed by atoms with Crippen molar-refractivity contribution in [3.63, 3.8) is 0 Å². The van der Waals surface area contributed by atoms with Crippen LogP contribution in [0.4, 0.5) is 11.4 Å². The number of hydrogen-bond donors (Lipinski definition) is 2. The average molecular weight is 468 g/mol. The largest absolute Gasteiger partial charge is 0.494 e. The minimum absolute atomic E-state index is 0.0759. The maximum absolute atomic E-state index is 12.5. The predicted molar refractivity (Wildman–Crippen MR) is 131 cm³/mol. The van der Waals surface area contributed by atoms with Gasteiger partial charge in [-0.05, 0) is 55.7 Å². The zero-order chi connectivity index (χ0) is 23.8. The first kappa shape index (κ1) is 24.3. The number of anilines is 2. The summed E-state index contributed by atoms with van der Waals surface area (Å²) >= 11 is 1.28. The average Bonchev–Trinajstić information content (AvgIpc) is 3.14. The maximum Gasteiger partial charge on any atom is 0.234 e. The molecule has 2 aromatic carbocycles. The zero-order valence-corrected chi connectivity index (χ0v) is 20.2. The van der Waals surface area contributed by atoms with Gasteiger partial charge in [0.1, 0.15) is 11.6 Å². The fourth-order valence-electron chi connectivity index (χ4n) is 3.28. The van der Waals surface area contributed by atoms with Crippen molar-refractivity contribution in [2.45, 2.75) is 38.8 Å². The van der Waals surface area contributed by atoms with E-state index in [1.807, 2.05) is 44.2 Å². The molecule has 0 radical (unpaired) electrons. The third-order valence-corrected chi connectivity index (χ3v) is 6.05. The summed E-state index contributed by atoms with van der Waals surface area (Å²) in [5.41, 5.74) is 3.69. The van der Waals surface area contributed by atoms with Crippen molar-refractivity contribution in [3.05, 3.63) is 59.4 Å². The second-order valence-corrected chi connectivity index (χ2v) is 8.38. The van der Waals surface area contributed by atoms with Crippen LogP contribution in [-0.2, 0) is 29.5 Å². The molecule has 0 fully saturated rings. The Bertz CT molecular complexity index is 1110. The molecule has 8 nitrogen and oxygen atoms in total. The van der Waals surface area contributed by atoms with Crippen LogP contribution in [0, 0.1) is 6.92 Å². The molecule has 0 saturated carbocycles. The molecular formula is C24H29N5O3S. The van der Waals surface area contributed by atoms with E-state index in [4.69, 9.17) is 4.74 Å². The Morgan fingerprint density at radius 3 is 2.48 bits per heavy atom. The molecule has 0 atom stereocenters. The first-order valence-corrected chi connectivity index (χ1v) is 11.8. The normalized spacial score (nSPS) is 10.7. The Balaban J connectivity index is 1.54. The van der Waals surface area contributed by atoms with Crippen LogP contribution in [0.1, 0.15) is 30.8 Å². The minimum Gasteiger partial charge on any atom is -0.494 e. The van der Waals surface area contributed by atoms with E-state index in [9.17, 15) is 9.59 Å². The van der Waals surface area contributed by atoms with Gasteiger partial charge < -0.3 is 19.9 Å². The number of nitrogens with zero attached hydrogens (tertiary/aromatic N) is 3. The van der Waals surface area contributed by atoms with Crippen LogP contribution in [0.25, 0.3) is 0 Å². The fraction of sp³-hybridized carbons (Fsp3) is 0.333. The third kappa shape index (κ3) is 6.58. The van der Waals surface area contributed by atoms with Gasteiger partial charge >= 0.3 is 0 Å². The zero-order valence-electron chi connectivity index (χ0n) is 19.3. The second-order valence-electron chi connectivity index (χ2n) is 7.44. The number of thioether (sulfide) groups is 1. The van der Waals surface area contributed by atoms with Gasteiger partial charge in [-0.25, -0.2) is 0 Å². The lowest BCUT2D eigenvalue weighted by molar-refractivity contribution is -0.116. The van der Waals surface area contributed by atoms with Crippen molar-refractivity contribution >= 4 is 35.0 Å². The third-order valence-electron chi connectivity index (χ3n) is 5.03. The number of ether oxygens (including phenoxy) is 1. The van der Waals surface area contributed by atoms with Crippen LogP contribution in [-0.4, -0.2) is 38.9 Å². The van der Waals surface area contributed by atoms with Crippen LogP contribution in [0.15, 0.2) is 47.6 Å². The van der Waals surface area contributed by atoms with Gasteiger partial charge in [-0.1, -0.05) is 36.9 Å². The number of amides is 2. The Kier molecular flexibility index (Phi) is 8.48. The van der Waals surface area contributed by atoms with Crippen LogP contribution < -0.4 is 15.4 Å². The first-order valence-electron chi connectivity index (χ1n) is 10.8. The number of carbonyl (C=O) groups excluding carboxylic acids is 2. The van der Waals surface area contributed by atoms with E-state index in [1.54, 1.807) is 23.7 Å². The standard InChI is InChI=1S/C24H29N5O3S/c1-5-17-9-7-8-16(3)23(17)26-22(31)15-33-24-28-27-20(29(24)4)14-21(30)25-18-10-12-19(13-11-18)32-6-2/h7-13H,5-6,14-15H2,1-4H3,(H,25,30)(H,26,31). The van der Waals surface area contributed by atoms with Crippen molar-refractivity contribution in [1.82, 2.24) is 14.8 Å². The SMILES string of the molecule is CCOc1ccc(NC(=O)Cc2nnc(SCC(=O)Nc3c(C)cccc3CC)n2C)cc1. The van der Waals surface area contributed by atoms with E-state index in [2.05, 4.69) is 27.8 Å². The fourth-order valence-corrected chi connectivity index (χ4v) is 4.01. The first-order chi connectivity index (χ1) is 15.9. The molecule has 2 N–H and O–H groups in total. The summed E-state index contributed by atoms with van der Waals surface area (Å²) in [5, 5.41) is 14.7. The van der Waals surface area contributed by atoms with E-state index < -0.39 is 0 Å². The maximum atomic E-state index is 12.5. The summed E-state index contributed by atoms with van der Waals surface area (Å²) in [7, 11) is 1.79. The van der Waals surface area contributed by atoms with Gasteiger partial charge in [0.15, 0.2) is 5.16 Å². The highest BCUT2D eigenvalue weighted by atomic mass is 32.2. The molecule has 9 heteroatoms. The minimum atomic E-state index is -0.199. The van der Waals surface area contributed by atoms with Crippen molar-refractivity contribution in [1.29, 1.82) is 0 Å². The predicted octanol–water partition coefficient (Wildman–Crippen LogP) is 4.00. The Hall–Kier alpha value is -3.33. The number of carbonyl (C=O) groups is 2. The molecule has 0 aliphatic carbocycles. The quantitative estimate of drug-likeness (QED) is 0.438. The number of aromatic nitrogens is 3. The summed E-state index contributed by atoms with van der Waals surface area (Å²) in [4.78, 5) is 24.9. The number of aryl methyl sites for hydroxylation is 2. The second kappa shape index (κ2) is 11.5. The lowest BCUT2D eigenvalue weighted by Gasteiger charge is -2.12. The van der Waals surface area contributed by atoms with Crippen molar-refractivity contribution in [2.75, 3.05) is 23.0 Å². The highest BCUT2D eigenvalue weighted by Crippen LogP contribution is 2.22. The van der Waals surface area contributed by atoms with E-state index in [1.165, 1.54) is 11.8 Å². The number of rotatable bonds is 10. The number of benzene rings is 2. The van der Waals surface area contributed by atoms with Crippen LogP contribution in [0.5, 0.6) is 5.75 Å². The molecule has 0 saturated heterocycles. The number of para-hydroxylation sites is 1. The summed E-state index contributed by atoms with van der Waals surface area (Å²) < 4.78 is 7.14. The molecule has 174 valence electrons. The topological polar surface area (TPSA) is 98.1 Å². The van der Waals surface area contributed by atoms with Gasteiger partial charge in [0.25, 0.3) is 0 Å². The monoisotopic (exact) mass is 467 g/mol.